The van der Waals surface area contributed by atoms with Gasteiger partial charge in [-0.05, 0) is 31.0 Å². The molecule has 7 heteroatoms. The van der Waals surface area contributed by atoms with E-state index in [4.69, 9.17) is 4.74 Å². The number of nitrogens with one attached hydrogen (secondary N) is 1. The molecule has 0 aliphatic rings. The fourth-order valence-corrected chi connectivity index (χ4v) is 2.40. The van der Waals surface area contributed by atoms with Crippen molar-refractivity contribution in [3.8, 4) is 5.75 Å². The van der Waals surface area contributed by atoms with Crippen molar-refractivity contribution in [2.75, 3.05) is 13.2 Å². The first-order valence-electron chi connectivity index (χ1n) is 7.79. The van der Waals surface area contributed by atoms with Gasteiger partial charge in [-0.1, -0.05) is 30.3 Å². The van der Waals surface area contributed by atoms with Crippen molar-refractivity contribution in [2.45, 2.75) is 20.0 Å². The van der Waals surface area contributed by atoms with Crippen LogP contribution in [0.3, 0.4) is 0 Å². The van der Waals surface area contributed by atoms with Crippen LogP contribution in [0.5, 0.6) is 5.75 Å². The summed E-state index contributed by atoms with van der Waals surface area (Å²) in [4.78, 5) is 22.4. The van der Waals surface area contributed by atoms with Crippen LogP contribution < -0.4 is 10.1 Å². The Morgan fingerprint density at radius 3 is 2.48 bits per heavy atom. The summed E-state index contributed by atoms with van der Waals surface area (Å²) in [6, 6.07) is 11.4. The van der Waals surface area contributed by atoms with Crippen molar-refractivity contribution in [3.63, 3.8) is 0 Å². The molecule has 1 atom stereocenters. The van der Waals surface area contributed by atoms with Crippen LogP contribution in [0.2, 0.25) is 0 Å². The minimum atomic E-state index is -0.939. The molecule has 132 valence electrons. The Morgan fingerprint density at radius 1 is 1.20 bits per heavy atom. The number of amides is 1. The maximum atomic E-state index is 12.1. The van der Waals surface area contributed by atoms with E-state index >= 15 is 0 Å². The molecule has 0 aromatic heterocycles. The van der Waals surface area contributed by atoms with Crippen LogP contribution in [0.25, 0.3) is 0 Å². The molecule has 0 saturated heterocycles. The van der Waals surface area contributed by atoms with Gasteiger partial charge >= 0.3 is 0 Å². The second-order valence-electron chi connectivity index (χ2n) is 5.67. The number of aliphatic hydroxyl groups is 1. The van der Waals surface area contributed by atoms with Crippen LogP contribution in [0, 0.1) is 24.0 Å². The van der Waals surface area contributed by atoms with E-state index in [9.17, 15) is 20.0 Å². The molecular formula is C18H20N2O5. The Labute approximate surface area is 145 Å². The Kier molecular flexibility index (Phi) is 6.08. The van der Waals surface area contributed by atoms with E-state index in [-0.39, 0.29) is 24.4 Å². The number of nitro groups is 1. The molecule has 2 aromatic carbocycles. The van der Waals surface area contributed by atoms with Crippen molar-refractivity contribution >= 4 is 11.6 Å². The minimum absolute atomic E-state index is 0.00283. The first-order chi connectivity index (χ1) is 11.9. The van der Waals surface area contributed by atoms with Gasteiger partial charge in [0.05, 0.1) is 4.92 Å². The van der Waals surface area contributed by atoms with Gasteiger partial charge in [0.1, 0.15) is 24.0 Å². The molecule has 0 bridgehead atoms. The molecule has 0 radical (unpaired) electrons. The van der Waals surface area contributed by atoms with Crippen LogP contribution in [0.15, 0.2) is 42.5 Å². The fourth-order valence-electron chi connectivity index (χ4n) is 2.40. The smallest absolute Gasteiger partial charge is 0.282 e. The molecule has 0 saturated carbocycles. The lowest BCUT2D eigenvalue weighted by atomic mass is 10.1. The van der Waals surface area contributed by atoms with E-state index in [1.54, 1.807) is 6.07 Å². The number of rotatable bonds is 7. The molecule has 2 N–H and O–H groups in total. The number of carbonyl (C=O) groups excluding carboxylic acids is 1. The van der Waals surface area contributed by atoms with Crippen molar-refractivity contribution < 1.29 is 19.6 Å². The van der Waals surface area contributed by atoms with Crippen molar-refractivity contribution in [2.24, 2.45) is 0 Å². The van der Waals surface area contributed by atoms with Crippen molar-refractivity contribution in [1.29, 1.82) is 0 Å². The molecule has 0 spiro atoms. The van der Waals surface area contributed by atoms with Gasteiger partial charge in [-0.3, -0.25) is 14.9 Å². The van der Waals surface area contributed by atoms with E-state index in [0.29, 0.717) is 5.75 Å². The molecular weight excluding hydrogens is 324 g/mol. The molecule has 1 amide bonds. The minimum Gasteiger partial charge on any atom is -0.490 e. The van der Waals surface area contributed by atoms with Gasteiger partial charge in [-0.2, -0.15) is 0 Å². The molecule has 0 heterocycles. The topological polar surface area (TPSA) is 102 Å². The number of para-hydroxylation sites is 2. The van der Waals surface area contributed by atoms with Crippen molar-refractivity contribution in [1.82, 2.24) is 5.32 Å². The summed E-state index contributed by atoms with van der Waals surface area (Å²) >= 11 is 0. The maximum Gasteiger partial charge on any atom is 0.282 e. The van der Waals surface area contributed by atoms with Crippen LogP contribution >= 0.6 is 0 Å². The molecule has 0 aliphatic heterocycles. The molecule has 2 aromatic rings. The Morgan fingerprint density at radius 2 is 1.84 bits per heavy atom. The summed E-state index contributed by atoms with van der Waals surface area (Å²) in [5.74, 6) is 0.0880. The third-order valence-electron chi connectivity index (χ3n) is 3.67. The third-order valence-corrected chi connectivity index (χ3v) is 3.67. The van der Waals surface area contributed by atoms with Crippen LogP contribution in [0.1, 0.15) is 21.5 Å². The predicted molar refractivity (Wildman–Crippen MR) is 92.8 cm³/mol. The Bertz CT molecular complexity index is 756. The molecule has 2 rings (SSSR count). The second kappa shape index (κ2) is 8.25. The van der Waals surface area contributed by atoms with E-state index in [2.05, 4.69) is 5.32 Å². The second-order valence-corrected chi connectivity index (χ2v) is 5.67. The van der Waals surface area contributed by atoms with E-state index in [1.165, 1.54) is 18.2 Å². The normalized spacial score (nSPS) is 11.6. The summed E-state index contributed by atoms with van der Waals surface area (Å²) in [7, 11) is 0. The number of nitro benzene ring substituents is 1. The van der Waals surface area contributed by atoms with Crippen molar-refractivity contribution in [3.05, 3.63) is 69.3 Å². The van der Waals surface area contributed by atoms with Crippen LogP contribution in [-0.2, 0) is 0 Å². The van der Waals surface area contributed by atoms with E-state index in [0.717, 1.165) is 11.1 Å². The number of benzene rings is 2. The number of nitrogens with zero attached hydrogens (tertiary/aromatic N) is 1. The molecule has 25 heavy (non-hydrogen) atoms. The lowest BCUT2D eigenvalue weighted by Gasteiger charge is -2.16. The summed E-state index contributed by atoms with van der Waals surface area (Å²) in [5.41, 5.74) is 1.59. The SMILES string of the molecule is Cc1cccc(C)c1OC[C@H](O)CNC(=O)c1ccccc1[N+](=O)[O-]. The van der Waals surface area contributed by atoms with Gasteiger partial charge in [-0.15, -0.1) is 0 Å². The number of hydrogen-bond donors (Lipinski definition) is 2. The summed E-state index contributed by atoms with van der Waals surface area (Å²) < 4.78 is 5.62. The van der Waals surface area contributed by atoms with Crippen LogP contribution in [-0.4, -0.2) is 35.2 Å². The molecule has 0 fully saturated rings. The number of hydrogen-bond acceptors (Lipinski definition) is 5. The fraction of sp³-hybridized carbons (Fsp3) is 0.278. The van der Waals surface area contributed by atoms with Gasteiger partial charge in [-0.25, -0.2) is 0 Å². The maximum absolute atomic E-state index is 12.1. The highest BCUT2D eigenvalue weighted by molar-refractivity contribution is 5.98. The summed E-state index contributed by atoms with van der Waals surface area (Å²) in [5, 5.41) is 23.4. The zero-order valence-electron chi connectivity index (χ0n) is 14.1. The first kappa shape index (κ1) is 18.4. The highest BCUT2D eigenvalue weighted by Crippen LogP contribution is 2.22. The summed E-state index contributed by atoms with van der Waals surface area (Å²) in [6.45, 7) is 3.74. The molecule has 0 aliphatic carbocycles. The predicted octanol–water partition coefficient (Wildman–Crippen LogP) is 2.38. The highest BCUT2D eigenvalue weighted by Gasteiger charge is 2.19. The van der Waals surface area contributed by atoms with Gasteiger partial charge < -0.3 is 15.2 Å². The largest absolute Gasteiger partial charge is 0.490 e. The first-order valence-corrected chi connectivity index (χ1v) is 7.79. The van der Waals surface area contributed by atoms with E-state index in [1.807, 2.05) is 32.0 Å². The van der Waals surface area contributed by atoms with Gasteiger partial charge in [0.25, 0.3) is 11.6 Å². The Hall–Kier alpha value is -2.93. The number of aryl methyl sites for hydroxylation is 2. The highest BCUT2D eigenvalue weighted by atomic mass is 16.6. The standard InChI is InChI=1S/C18H20N2O5/c1-12-6-5-7-13(2)17(12)25-11-14(21)10-19-18(22)15-8-3-4-9-16(15)20(23)24/h3-9,14,21H,10-11H2,1-2H3,(H,19,22)/t14-/m1/s1. The average Bonchev–Trinajstić information content (AvgIpc) is 2.59. The number of ether oxygens (including phenoxy) is 1. The lowest BCUT2D eigenvalue weighted by Crippen LogP contribution is -2.35. The zero-order chi connectivity index (χ0) is 18.4. The monoisotopic (exact) mass is 344 g/mol. The van der Waals surface area contributed by atoms with Gasteiger partial charge in [0.2, 0.25) is 0 Å². The third kappa shape index (κ3) is 4.77. The lowest BCUT2D eigenvalue weighted by molar-refractivity contribution is -0.385. The number of carbonyl (C=O) groups is 1. The quantitative estimate of drug-likeness (QED) is 0.593. The Balaban J connectivity index is 1.91. The number of aliphatic hydroxyl groups excluding tert-OH is 1. The summed E-state index contributed by atoms with van der Waals surface area (Å²) in [6.07, 6.45) is -0.939. The average molecular weight is 344 g/mol. The zero-order valence-corrected chi connectivity index (χ0v) is 14.1. The van der Waals surface area contributed by atoms with E-state index < -0.39 is 16.9 Å². The van der Waals surface area contributed by atoms with Gasteiger partial charge in [0.15, 0.2) is 0 Å². The molecule has 0 unspecified atom stereocenters. The van der Waals surface area contributed by atoms with Crippen LogP contribution in [0.4, 0.5) is 5.69 Å². The van der Waals surface area contributed by atoms with Gasteiger partial charge in [0, 0.05) is 12.6 Å². The molecule has 7 nitrogen and oxygen atoms in total.